The van der Waals surface area contributed by atoms with E-state index in [9.17, 15) is 9.59 Å². The highest BCUT2D eigenvalue weighted by Crippen LogP contribution is 2.14. The fourth-order valence-electron chi connectivity index (χ4n) is 2.02. The number of hydrogen-bond donors (Lipinski definition) is 1. The summed E-state index contributed by atoms with van der Waals surface area (Å²) in [5.74, 6) is -0.243. The van der Waals surface area contributed by atoms with E-state index in [2.05, 4.69) is 4.74 Å². The van der Waals surface area contributed by atoms with E-state index in [1.165, 1.54) is 7.11 Å². The van der Waals surface area contributed by atoms with Crippen molar-refractivity contribution in [3.05, 3.63) is 0 Å². The molecule has 3 unspecified atom stereocenters. The van der Waals surface area contributed by atoms with Crippen LogP contribution in [0.1, 0.15) is 26.7 Å². The lowest BCUT2D eigenvalue weighted by molar-refractivity contribution is -0.150. The monoisotopic (exact) mass is 272 g/mol. The summed E-state index contributed by atoms with van der Waals surface area (Å²) in [6.07, 6.45) is 0.732. The molecule has 110 valence electrons. The van der Waals surface area contributed by atoms with Gasteiger partial charge in [-0.1, -0.05) is 20.3 Å². The molecular formula is C13H24N2O4. The predicted octanol–water partition coefficient (Wildman–Crippen LogP) is 0.150. The van der Waals surface area contributed by atoms with Gasteiger partial charge in [0, 0.05) is 13.1 Å². The molecule has 2 N–H and O–H groups in total. The van der Waals surface area contributed by atoms with Gasteiger partial charge in [-0.3, -0.25) is 9.59 Å². The second-order valence-corrected chi connectivity index (χ2v) is 4.97. The van der Waals surface area contributed by atoms with Crippen LogP contribution < -0.4 is 5.73 Å². The topological polar surface area (TPSA) is 81.9 Å². The fourth-order valence-corrected chi connectivity index (χ4v) is 2.02. The van der Waals surface area contributed by atoms with Crippen LogP contribution in [0.2, 0.25) is 0 Å². The Hall–Kier alpha value is -1.14. The molecule has 19 heavy (non-hydrogen) atoms. The minimum atomic E-state index is -0.484. The van der Waals surface area contributed by atoms with Gasteiger partial charge in [0.05, 0.1) is 32.3 Å². The van der Waals surface area contributed by atoms with Crippen LogP contribution in [0.4, 0.5) is 0 Å². The van der Waals surface area contributed by atoms with Crippen LogP contribution >= 0.6 is 0 Å². The smallest absolute Gasteiger partial charge is 0.308 e. The standard InChI is InChI=1S/C13H24N2O4/c1-4-9(2)12(14)13(17)15-5-6-19-10(8-15)7-11(16)18-3/h9-10,12H,4-8,14H2,1-3H3. The van der Waals surface area contributed by atoms with Crippen LogP contribution in [0.5, 0.6) is 0 Å². The van der Waals surface area contributed by atoms with Gasteiger partial charge in [-0.25, -0.2) is 0 Å². The molecule has 0 aliphatic carbocycles. The van der Waals surface area contributed by atoms with E-state index in [-0.39, 0.29) is 30.3 Å². The van der Waals surface area contributed by atoms with Crippen molar-refractivity contribution < 1.29 is 19.1 Å². The molecule has 6 heteroatoms. The molecule has 0 aromatic rings. The van der Waals surface area contributed by atoms with Crippen LogP contribution in [0.25, 0.3) is 0 Å². The van der Waals surface area contributed by atoms with E-state index < -0.39 is 6.04 Å². The van der Waals surface area contributed by atoms with Crippen molar-refractivity contribution in [1.82, 2.24) is 4.90 Å². The largest absolute Gasteiger partial charge is 0.469 e. The lowest BCUT2D eigenvalue weighted by atomic mass is 9.98. The molecule has 0 aromatic heterocycles. The van der Waals surface area contributed by atoms with Gasteiger partial charge in [-0.15, -0.1) is 0 Å². The maximum Gasteiger partial charge on any atom is 0.308 e. The first kappa shape index (κ1) is 15.9. The summed E-state index contributed by atoms with van der Waals surface area (Å²) in [7, 11) is 1.34. The maximum absolute atomic E-state index is 12.2. The summed E-state index contributed by atoms with van der Waals surface area (Å²) in [6.45, 7) is 5.34. The highest BCUT2D eigenvalue weighted by atomic mass is 16.5. The average molecular weight is 272 g/mol. The molecule has 0 saturated carbocycles. The maximum atomic E-state index is 12.2. The first-order chi connectivity index (χ1) is 8.99. The van der Waals surface area contributed by atoms with Crippen LogP contribution in [0, 0.1) is 5.92 Å². The van der Waals surface area contributed by atoms with Crippen molar-refractivity contribution in [3.8, 4) is 0 Å². The number of ether oxygens (including phenoxy) is 2. The molecule has 6 nitrogen and oxygen atoms in total. The van der Waals surface area contributed by atoms with Gasteiger partial charge in [-0.05, 0) is 5.92 Å². The van der Waals surface area contributed by atoms with Gasteiger partial charge in [0.25, 0.3) is 0 Å². The van der Waals surface area contributed by atoms with E-state index in [0.717, 1.165) is 6.42 Å². The number of nitrogens with two attached hydrogens (primary N) is 1. The molecule has 1 aliphatic rings. The number of carbonyl (C=O) groups excluding carboxylic acids is 2. The van der Waals surface area contributed by atoms with Gasteiger partial charge < -0.3 is 20.1 Å². The molecule has 0 radical (unpaired) electrons. The Kier molecular flexibility index (Phi) is 6.24. The second-order valence-electron chi connectivity index (χ2n) is 4.97. The highest BCUT2D eigenvalue weighted by Gasteiger charge is 2.30. The Labute approximate surface area is 114 Å². The molecule has 1 rings (SSSR count). The van der Waals surface area contributed by atoms with Gasteiger partial charge in [0.15, 0.2) is 0 Å². The third-order valence-corrected chi connectivity index (χ3v) is 3.61. The number of methoxy groups -OCH3 is 1. The molecule has 1 amide bonds. The van der Waals surface area contributed by atoms with Crippen molar-refractivity contribution in [2.75, 3.05) is 26.8 Å². The van der Waals surface area contributed by atoms with Crippen LogP contribution in [-0.2, 0) is 19.1 Å². The van der Waals surface area contributed by atoms with Crippen LogP contribution in [0.15, 0.2) is 0 Å². The number of morpholine rings is 1. The van der Waals surface area contributed by atoms with E-state index in [0.29, 0.717) is 19.7 Å². The van der Waals surface area contributed by atoms with Gasteiger partial charge in [-0.2, -0.15) is 0 Å². The average Bonchev–Trinajstić information content (AvgIpc) is 2.44. The SMILES string of the molecule is CCC(C)C(N)C(=O)N1CCOC(CC(=O)OC)C1. The summed E-state index contributed by atoms with van der Waals surface area (Å²) in [5, 5.41) is 0. The van der Waals surface area contributed by atoms with Crippen molar-refractivity contribution in [1.29, 1.82) is 0 Å². The summed E-state index contributed by atoms with van der Waals surface area (Å²) in [5.41, 5.74) is 5.95. The van der Waals surface area contributed by atoms with Crippen LogP contribution in [0.3, 0.4) is 0 Å². The number of nitrogens with zero attached hydrogens (tertiary/aromatic N) is 1. The number of esters is 1. The summed E-state index contributed by atoms with van der Waals surface area (Å²) in [4.78, 5) is 25.1. The highest BCUT2D eigenvalue weighted by molar-refractivity contribution is 5.82. The minimum Gasteiger partial charge on any atom is -0.469 e. The zero-order chi connectivity index (χ0) is 14.4. The lowest BCUT2D eigenvalue weighted by Crippen LogP contribution is -2.53. The number of amides is 1. The van der Waals surface area contributed by atoms with E-state index >= 15 is 0 Å². The Balaban J connectivity index is 2.54. The van der Waals surface area contributed by atoms with Crippen molar-refractivity contribution in [3.63, 3.8) is 0 Å². The summed E-state index contributed by atoms with van der Waals surface area (Å²) < 4.78 is 10.1. The molecule has 1 fully saturated rings. The van der Waals surface area contributed by atoms with Crippen molar-refractivity contribution >= 4 is 11.9 Å². The Morgan fingerprint density at radius 2 is 2.21 bits per heavy atom. The molecule has 3 atom stereocenters. The zero-order valence-electron chi connectivity index (χ0n) is 11.9. The lowest BCUT2D eigenvalue weighted by Gasteiger charge is -2.35. The van der Waals surface area contributed by atoms with Gasteiger partial charge >= 0.3 is 5.97 Å². The van der Waals surface area contributed by atoms with Crippen LogP contribution in [-0.4, -0.2) is 55.7 Å². The Morgan fingerprint density at radius 3 is 2.79 bits per heavy atom. The fraction of sp³-hybridized carbons (Fsp3) is 0.846. The van der Waals surface area contributed by atoms with E-state index in [4.69, 9.17) is 10.5 Å². The second kappa shape index (κ2) is 7.45. The van der Waals surface area contributed by atoms with Crippen molar-refractivity contribution in [2.45, 2.75) is 38.8 Å². The predicted molar refractivity (Wildman–Crippen MR) is 70.4 cm³/mol. The molecule has 1 saturated heterocycles. The Bertz CT molecular complexity index is 322. The normalized spacial score (nSPS) is 22.7. The Morgan fingerprint density at radius 1 is 1.53 bits per heavy atom. The number of carbonyl (C=O) groups is 2. The van der Waals surface area contributed by atoms with Gasteiger partial charge in [0.1, 0.15) is 0 Å². The first-order valence-electron chi connectivity index (χ1n) is 6.72. The van der Waals surface area contributed by atoms with Crippen molar-refractivity contribution in [2.24, 2.45) is 11.7 Å². The number of rotatable bonds is 5. The van der Waals surface area contributed by atoms with E-state index in [1.54, 1.807) is 4.90 Å². The quantitative estimate of drug-likeness (QED) is 0.720. The molecular weight excluding hydrogens is 248 g/mol. The third-order valence-electron chi connectivity index (χ3n) is 3.61. The molecule has 1 heterocycles. The molecule has 0 aromatic carbocycles. The molecule has 0 bridgehead atoms. The first-order valence-corrected chi connectivity index (χ1v) is 6.72. The molecule has 0 spiro atoms. The summed E-state index contributed by atoms with van der Waals surface area (Å²) >= 11 is 0. The minimum absolute atomic E-state index is 0.0625. The zero-order valence-corrected chi connectivity index (χ0v) is 11.9. The molecule has 1 aliphatic heterocycles. The van der Waals surface area contributed by atoms with Gasteiger partial charge in [0.2, 0.25) is 5.91 Å². The third kappa shape index (κ3) is 4.47. The summed E-state index contributed by atoms with van der Waals surface area (Å²) in [6, 6.07) is -0.484. The number of hydrogen-bond acceptors (Lipinski definition) is 5. The van der Waals surface area contributed by atoms with E-state index in [1.807, 2.05) is 13.8 Å².